The lowest BCUT2D eigenvalue weighted by Gasteiger charge is -2.42. The average Bonchev–Trinajstić information content (AvgIpc) is 2.95. The zero-order valence-electron chi connectivity index (χ0n) is 14.6. The van der Waals surface area contributed by atoms with Crippen LogP contribution in [0, 0.1) is 0 Å². The first-order valence-corrected chi connectivity index (χ1v) is 9.27. The summed E-state index contributed by atoms with van der Waals surface area (Å²) in [4.78, 5) is 7.44. The Morgan fingerprint density at radius 3 is 2.58 bits per heavy atom. The molecule has 0 saturated carbocycles. The van der Waals surface area contributed by atoms with Crippen LogP contribution < -0.4 is 4.90 Å². The number of anilines is 1. The third kappa shape index (κ3) is 3.45. The molecule has 3 fully saturated rings. The Kier molecular flexibility index (Phi) is 4.77. The van der Waals surface area contributed by atoms with Crippen LogP contribution in [-0.2, 0) is 11.3 Å². The van der Waals surface area contributed by atoms with Crippen molar-refractivity contribution in [1.82, 2.24) is 9.80 Å². The summed E-state index contributed by atoms with van der Waals surface area (Å²) in [6.07, 6.45) is 0.800. The van der Waals surface area contributed by atoms with Crippen molar-refractivity contribution < 1.29 is 9.84 Å². The lowest BCUT2D eigenvalue weighted by atomic mass is 10.1. The molecule has 0 radical (unpaired) electrons. The number of hydrogen-bond donors (Lipinski definition) is 1. The summed E-state index contributed by atoms with van der Waals surface area (Å²) in [6.45, 7) is 9.96. The van der Waals surface area contributed by atoms with E-state index >= 15 is 0 Å². The lowest BCUT2D eigenvalue weighted by Crippen LogP contribution is -2.54. The van der Waals surface area contributed by atoms with Crippen LogP contribution in [0.5, 0.6) is 0 Å². The maximum atomic E-state index is 9.90. The number of morpholine rings is 1. The second-order valence-corrected chi connectivity index (χ2v) is 7.54. The van der Waals surface area contributed by atoms with Crippen LogP contribution in [0.4, 0.5) is 5.69 Å². The quantitative estimate of drug-likeness (QED) is 0.900. The van der Waals surface area contributed by atoms with Crippen molar-refractivity contribution in [1.29, 1.82) is 0 Å². The highest BCUT2D eigenvalue weighted by molar-refractivity contribution is 5.47. The van der Waals surface area contributed by atoms with E-state index in [1.165, 1.54) is 11.3 Å². The van der Waals surface area contributed by atoms with E-state index in [-0.39, 0.29) is 6.10 Å². The normalized spacial score (nSPS) is 32.1. The predicted octanol–water partition coefficient (Wildman–Crippen LogP) is 1.16. The summed E-state index contributed by atoms with van der Waals surface area (Å²) in [6, 6.07) is 10.1. The Hall–Kier alpha value is -1.14. The second-order valence-electron chi connectivity index (χ2n) is 7.54. The molecule has 3 saturated heterocycles. The average molecular weight is 331 g/mol. The van der Waals surface area contributed by atoms with Crippen molar-refractivity contribution in [3.8, 4) is 0 Å². The number of piperazine rings is 1. The SMILES string of the molecule is C[C@H]1CN2C[C@H](O)C[C@@H]2CN1Cc1ccc(N2CCOCC2)cc1. The number of rotatable bonds is 3. The van der Waals surface area contributed by atoms with E-state index in [4.69, 9.17) is 4.74 Å². The molecule has 3 atom stereocenters. The van der Waals surface area contributed by atoms with Gasteiger partial charge in [0.25, 0.3) is 0 Å². The molecule has 4 rings (SSSR count). The molecule has 5 nitrogen and oxygen atoms in total. The van der Waals surface area contributed by atoms with Crippen LogP contribution in [0.25, 0.3) is 0 Å². The number of nitrogens with zero attached hydrogens (tertiary/aromatic N) is 3. The van der Waals surface area contributed by atoms with E-state index in [0.717, 1.165) is 58.9 Å². The third-order valence-corrected chi connectivity index (χ3v) is 5.77. The molecule has 0 aliphatic carbocycles. The van der Waals surface area contributed by atoms with Crippen LogP contribution in [0.2, 0.25) is 0 Å². The second kappa shape index (κ2) is 7.00. The van der Waals surface area contributed by atoms with Crippen molar-refractivity contribution in [2.24, 2.45) is 0 Å². The van der Waals surface area contributed by atoms with E-state index in [2.05, 4.69) is 45.9 Å². The van der Waals surface area contributed by atoms with Crippen LogP contribution in [0.15, 0.2) is 24.3 Å². The third-order valence-electron chi connectivity index (χ3n) is 5.77. The van der Waals surface area contributed by atoms with Gasteiger partial charge in [0.15, 0.2) is 0 Å². The van der Waals surface area contributed by atoms with Crippen LogP contribution >= 0.6 is 0 Å². The molecule has 5 heteroatoms. The van der Waals surface area contributed by atoms with Crippen molar-refractivity contribution in [2.75, 3.05) is 50.8 Å². The standard InChI is InChI=1S/C19H29N3O2/c1-15-11-22-14-19(23)10-18(22)13-21(15)12-16-2-4-17(5-3-16)20-6-8-24-9-7-20/h2-5,15,18-19,23H,6-14H2,1H3/t15-,18+,19+/m0/s1. The van der Waals surface area contributed by atoms with Gasteiger partial charge >= 0.3 is 0 Å². The molecule has 132 valence electrons. The number of aliphatic hydroxyl groups is 1. The monoisotopic (exact) mass is 331 g/mol. The molecule has 3 aliphatic rings. The molecule has 0 spiro atoms. The number of ether oxygens (including phenoxy) is 1. The molecule has 1 aromatic carbocycles. The fraction of sp³-hybridized carbons (Fsp3) is 0.684. The fourth-order valence-corrected chi connectivity index (χ4v) is 4.37. The minimum atomic E-state index is -0.130. The molecule has 1 N–H and O–H groups in total. The van der Waals surface area contributed by atoms with E-state index in [9.17, 15) is 5.11 Å². The molecule has 3 heterocycles. The summed E-state index contributed by atoms with van der Waals surface area (Å²) in [5.74, 6) is 0. The van der Waals surface area contributed by atoms with Gasteiger partial charge in [0.2, 0.25) is 0 Å². The summed E-state index contributed by atoms with van der Waals surface area (Å²) < 4.78 is 5.43. The van der Waals surface area contributed by atoms with Gasteiger partial charge in [-0.2, -0.15) is 0 Å². The number of hydrogen-bond acceptors (Lipinski definition) is 5. The molecule has 0 bridgehead atoms. The maximum absolute atomic E-state index is 9.90. The van der Waals surface area contributed by atoms with Gasteiger partial charge in [-0.25, -0.2) is 0 Å². The van der Waals surface area contributed by atoms with Gasteiger partial charge in [-0.05, 0) is 31.0 Å². The largest absolute Gasteiger partial charge is 0.392 e. The smallest absolute Gasteiger partial charge is 0.0682 e. The van der Waals surface area contributed by atoms with E-state index in [1.807, 2.05) is 0 Å². The van der Waals surface area contributed by atoms with Gasteiger partial charge in [-0.15, -0.1) is 0 Å². The zero-order valence-corrected chi connectivity index (χ0v) is 14.6. The Bertz CT molecular complexity index is 544. The first-order valence-electron chi connectivity index (χ1n) is 9.27. The van der Waals surface area contributed by atoms with Crippen molar-refractivity contribution in [3.63, 3.8) is 0 Å². The van der Waals surface area contributed by atoms with Crippen LogP contribution in [-0.4, -0.2) is 79.0 Å². The first kappa shape index (κ1) is 16.3. The van der Waals surface area contributed by atoms with E-state index in [1.54, 1.807) is 0 Å². The van der Waals surface area contributed by atoms with Gasteiger partial charge in [-0.1, -0.05) is 12.1 Å². The Labute approximate surface area is 144 Å². The molecule has 0 amide bonds. The molecule has 0 aromatic heterocycles. The van der Waals surface area contributed by atoms with Gasteiger partial charge in [-0.3, -0.25) is 9.80 Å². The summed E-state index contributed by atoms with van der Waals surface area (Å²) >= 11 is 0. The molecule has 0 unspecified atom stereocenters. The topological polar surface area (TPSA) is 39.2 Å². The lowest BCUT2D eigenvalue weighted by molar-refractivity contribution is 0.0528. The Morgan fingerprint density at radius 2 is 1.83 bits per heavy atom. The minimum Gasteiger partial charge on any atom is -0.392 e. The van der Waals surface area contributed by atoms with E-state index < -0.39 is 0 Å². The minimum absolute atomic E-state index is 0.130. The van der Waals surface area contributed by atoms with Crippen LogP contribution in [0.3, 0.4) is 0 Å². The number of benzene rings is 1. The number of aliphatic hydroxyl groups excluding tert-OH is 1. The molecule has 3 aliphatic heterocycles. The van der Waals surface area contributed by atoms with E-state index in [0.29, 0.717) is 12.1 Å². The summed E-state index contributed by atoms with van der Waals surface area (Å²) in [7, 11) is 0. The molecule has 1 aromatic rings. The predicted molar refractivity (Wildman–Crippen MR) is 95.3 cm³/mol. The van der Waals surface area contributed by atoms with Crippen molar-refractivity contribution in [3.05, 3.63) is 29.8 Å². The van der Waals surface area contributed by atoms with Gasteiger partial charge in [0, 0.05) is 57.0 Å². The summed E-state index contributed by atoms with van der Waals surface area (Å²) in [5.41, 5.74) is 2.68. The Balaban J connectivity index is 1.38. The summed E-state index contributed by atoms with van der Waals surface area (Å²) in [5, 5.41) is 9.90. The zero-order chi connectivity index (χ0) is 16.5. The highest BCUT2D eigenvalue weighted by Crippen LogP contribution is 2.26. The number of fused-ring (bicyclic) bond motifs is 1. The fourth-order valence-electron chi connectivity index (χ4n) is 4.37. The maximum Gasteiger partial charge on any atom is 0.0682 e. The molecular weight excluding hydrogens is 302 g/mol. The molecular formula is C19H29N3O2. The first-order chi connectivity index (χ1) is 11.7. The Morgan fingerprint density at radius 1 is 1.08 bits per heavy atom. The van der Waals surface area contributed by atoms with Gasteiger partial charge < -0.3 is 14.7 Å². The van der Waals surface area contributed by atoms with Crippen molar-refractivity contribution >= 4 is 5.69 Å². The van der Waals surface area contributed by atoms with Crippen molar-refractivity contribution in [2.45, 2.75) is 38.1 Å². The van der Waals surface area contributed by atoms with Gasteiger partial charge in [0.05, 0.1) is 19.3 Å². The molecule has 24 heavy (non-hydrogen) atoms. The highest BCUT2D eigenvalue weighted by Gasteiger charge is 2.37. The highest BCUT2D eigenvalue weighted by atomic mass is 16.5. The van der Waals surface area contributed by atoms with Crippen LogP contribution in [0.1, 0.15) is 18.9 Å². The van der Waals surface area contributed by atoms with Gasteiger partial charge in [0.1, 0.15) is 0 Å².